The lowest BCUT2D eigenvalue weighted by atomic mass is 9.97. The quantitative estimate of drug-likeness (QED) is 0.709. The van der Waals surface area contributed by atoms with E-state index in [4.69, 9.17) is 9.47 Å². The molecule has 2 rings (SSSR count). The van der Waals surface area contributed by atoms with E-state index >= 15 is 0 Å². The number of methoxy groups -OCH3 is 2. The van der Waals surface area contributed by atoms with Crippen molar-refractivity contribution in [3.05, 3.63) is 48.0 Å². The molecule has 0 amide bonds. The Bertz CT molecular complexity index is 685. The van der Waals surface area contributed by atoms with Crippen molar-refractivity contribution in [2.45, 2.75) is 42.9 Å². The van der Waals surface area contributed by atoms with Crippen molar-refractivity contribution in [3.8, 4) is 11.5 Å². The van der Waals surface area contributed by atoms with E-state index in [1.165, 1.54) is 11.8 Å². The minimum Gasteiger partial charge on any atom is -0.493 e. The van der Waals surface area contributed by atoms with Crippen molar-refractivity contribution in [2.75, 3.05) is 14.2 Å². The molecule has 5 heteroatoms. The summed E-state index contributed by atoms with van der Waals surface area (Å²) in [7, 11) is 3.19. The molecule has 1 N–H and O–H groups in total. The first-order valence-corrected chi connectivity index (χ1v) is 9.14. The van der Waals surface area contributed by atoms with Gasteiger partial charge in [-0.05, 0) is 36.2 Å². The summed E-state index contributed by atoms with van der Waals surface area (Å²) in [6.07, 6.45) is 0.554. The highest BCUT2D eigenvalue weighted by molar-refractivity contribution is 7.99. The van der Waals surface area contributed by atoms with Gasteiger partial charge in [0.25, 0.3) is 0 Å². The molecule has 2 aromatic rings. The third-order valence-electron chi connectivity index (χ3n) is 3.58. The number of carboxylic acid groups (broad SMARTS) is 1. The first kappa shape index (κ1) is 20.9. The number of aliphatic carboxylic acids is 1. The molecule has 0 aliphatic carbocycles. The van der Waals surface area contributed by atoms with Gasteiger partial charge in [-0.2, -0.15) is 0 Å². The maximum atomic E-state index is 11.5. The van der Waals surface area contributed by atoms with Gasteiger partial charge in [0.05, 0.1) is 20.1 Å². The number of carboxylic acids is 1. The van der Waals surface area contributed by atoms with Crippen LogP contribution in [0.3, 0.4) is 0 Å². The molecular formula is C20H26O4S. The molecule has 1 unspecified atom stereocenters. The lowest BCUT2D eigenvalue weighted by Crippen LogP contribution is -2.11. The predicted octanol–water partition coefficient (Wildman–Crippen LogP) is 5.46. The number of benzene rings is 2. The molecule has 0 spiro atoms. The molecule has 0 saturated heterocycles. The van der Waals surface area contributed by atoms with Gasteiger partial charge in [-0.3, -0.25) is 4.79 Å². The fourth-order valence-corrected chi connectivity index (χ4v) is 3.43. The molecule has 0 bridgehead atoms. The van der Waals surface area contributed by atoms with Crippen LogP contribution >= 0.6 is 11.8 Å². The minimum atomic E-state index is -0.798. The zero-order valence-corrected chi connectivity index (χ0v) is 16.2. The topological polar surface area (TPSA) is 55.8 Å². The average Bonchev–Trinajstić information content (AvgIpc) is 2.65. The van der Waals surface area contributed by atoms with Crippen molar-refractivity contribution in [1.82, 2.24) is 0 Å². The normalized spacial score (nSPS) is 11.1. The monoisotopic (exact) mass is 362 g/mol. The van der Waals surface area contributed by atoms with Gasteiger partial charge < -0.3 is 14.6 Å². The van der Waals surface area contributed by atoms with Crippen molar-refractivity contribution in [3.63, 3.8) is 0 Å². The molecule has 4 nitrogen and oxygen atoms in total. The maximum absolute atomic E-state index is 11.5. The summed E-state index contributed by atoms with van der Waals surface area (Å²) in [6, 6.07) is 13.3. The van der Waals surface area contributed by atoms with Crippen LogP contribution in [-0.2, 0) is 4.79 Å². The van der Waals surface area contributed by atoms with Crippen molar-refractivity contribution < 1.29 is 19.4 Å². The van der Waals surface area contributed by atoms with Gasteiger partial charge in [0.1, 0.15) is 0 Å². The van der Waals surface area contributed by atoms with E-state index in [1.807, 2.05) is 63.2 Å². The molecule has 0 aliphatic rings. The number of ether oxygens (including phenoxy) is 2. The van der Waals surface area contributed by atoms with Gasteiger partial charge in [0.2, 0.25) is 0 Å². The van der Waals surface area contributed by atoms with E-state index < -0.39 is 11.9 Å². The zero-order chi connectivity index (χ0) is 18.8. The Morgan fingerprint density at radius 3 is 2.28 bits per heavy atom. The lowest BCUT2D eigenvalue weighted by Gasteiger charge is -2.15. The third-order valence-corrected chi connectivity index (χ3v) is 4.66. The molecule has 2 aromatic carbocycles. The van der Waals surface area contributed by atoms with E-state index in [9.17, 15) is 9.90 Å². The fourth-order valence-electron chi connectivity index (χ4n) is 2.40. The zero-order valence-electron chi connectivity index (χ0n) is 15.4. The van der Waals surface area contributed by atoms with Crippen LogP contribution in [0, 0.1) is 0 Å². The van der Waals surface area contributed by atoms with Crippen LogP contribution in [0.2, 0.25) is 0 Å². The van der Waals surface area contributed by atoms with Crippen molar-refractivity contribution in [1.29, 1.82) is 0 Å². The Morgan fingerprint density at radius 2 is 1.72 bits per heavy atom. The van der Waals surface area contributed by atoms with E-state index in [0.717, 1.165) is 15.4 Å². The summed E-state index contributed by atoms with van der Waals surface area (Å²) < 4.78 is 10.6. The van der Waals surface area contributed by atoms with Crippen LogP contribution in [-0.4, -0.2) is 25.3 Å². The number of hydrogen-bond acceptors (Lipinski definition) is 4. The van der Waals surface area contributed by atoms with Gasteiger partial charge in [-0.15, -0.1) is 0 Å². The van der Waals surface area contributed by atoms with E-state index in [1.54, 1.807) is 14.2 Å². The summed E-state index contributed by atoms with van der Waals surface area (Å²) >= 11 is 1.53. The van der Waals surface area contributed by atoms with Crippen molar-refractivity contribution >= 4 is 17.7 Å². The van der Waals surface area contributed by atoms with Gasteiger partial charge in [0, 0.05) is 9.79 Å². The van der Waals surface area contributed by atoms with Gasteiger partial charge in [0.15, 0.2) is 11.5 Å². The third kappa shape index (κ3) is 5.43. The van der Waals surface area contributed by atoms with Gasteiger partial charge in [-0.1, -0.05) is 50.7 Å². The smallest absolute Gasteiger partial charge is 0.311 e. The SMILES string of the molecule is CC.CCC(C(=O)O)c1ccccc1Sc1ccc(OC)c(OC)c1. The van der Waals surface area contributed by atoms with E-state index in [0.29, 0.717) is 17.9 Å². The molecule has 0 aromatic heterocycles. The van der Waals surface area contributed by atoms with Crippen LogP contribution < -0.4 is 9.47 Å². The Hall–Kier alpha value is -2.14. The van der Waals surface area contributed by atoms with Gasteiger partial charge >= 0.3 is 5.97 Å². The van der Waals surface area contributed by atoms with E-state index in [-0.39, 0.29) is 0 Å². The Kier molecular flexibility index (Phi) is 8.92. The standard InChI is InChI=1S/C18H20O4S.C2H6/c1-4-13(18(19)20)14-7-5-6-8-17(14)23-12-9-10-15(21-2)16(11-12)22-3;1-2/h5-11,13H,4H2,1-3H3,(H,19,20);1-2H3. The highest BCUT2D eigenvalue weighted by atomic mass is 32.2. The second kappa shape index (κ2) is 10.7. The molecule has 25 heavy (non-hydrogen) atoms. The Morgan fingerprint density at radius 1 is 1.08 bits per heavy atom. The summed E-state index contributed by atoms with van der Waals surface area (Å²) in [6.45, 7) is 5.89. The Balaban J connectivity index is 0.00000151. The van der Waals surface area contributed by atoms with Crippen LogP contribution in [0.5, 0.6) is 11.5 Å². The summed E-state index contributed by atoms with van der Waals surface area (Å²) in [5.74, 6) is 0.0223. The molecule has 0 fully saturated rings. The minimum absolute atomic E-state index is 0.501. The molecule has 0 radical (unpaired) electrons. The molecule has 136 valence electrons. The first-order valence-electron chi connectivity index (χ1n) is 8.32. The van der Waals surface area contributed by atoms with Crippen LogP contribution in [0.1, 0.15) is 38.7 Å². The average molecular weight is 362 g/mol. The number of hydrogen-bond donors (Lipinski definition) is 1. The summed E-state index contributed by atoms with van der Waals surface area (Å²) in [4.78, 5) is 13.4. The largest absolute Gasteiger partial charge is 0.493 e. The fraction of sp³-hybridized carbons (Fsp3) is 0.350. The number of carbonyl (C=O) groups is 1. The van der Waals surface area contributed by atoms with Crippen LogP contribution in [0.4, 0.5) is 0 Å². The van der Waals surface area contributed by atoms with Crippen molar-refractivity contribution in [2.24, 2.45) is 0 Å². The van der Waals surface area contributed by atoms with Gasteiger partial charge in [-0.25, -0.2) is 0 Å². The highest BCUT2D eigenvalue weighted by Gasteiger charge is 2.21. The second-order valence-electron chi connectivity index (χ2n) is 4.96. The molecular weight excluding hydrogens is 336 g/mol. The summed E-state index contributed by atoms with van der Waals surface area (Å²) in [5, 5.41) is 9.42. The van der Waals surface area contributed by atoms with Crippen LogP contribution in [0.25, 0.3) is 0 Å². The highest BCUT2D eigenvalue weighted by Crippen LogP contribution is 2.38. The predicted molar refractivity (Wildman–Crippen MR) is 102 cm³/mol. The Labute approximate surface area is 154 Å². The van der Waals surface area contributed by atoms with Crippen LogP contribution in [0.15, 0.2) is 52.3 Å². The molecule has 0 saturated carbocycles. The molecule has 0 heterocycles. The molecule has 1 atom stereocenters. The number of rotatable bonds is 7. The first-order chi connectivity index (χ1) is 12.1. The molecule has 0 aliphatic heterocycles. The summed E-state index contributed by atoms with van der Waals surface area (Å²) in [5.41, 5.74) is 0.835. The maximum Gasteiger partial charge on any atom is 0.311 e. The van der Waals surface area contributed by atoms with E-state index in [2.05, 4.69) is 0 Å². The lowest BCUT2D eigenvalue weighted by molar-refractivity contribution is -0.138. The second-order valence-corrected chi connectivity index (χ2v) is 6.07.